The van der Waals surface area contributed by atoms with Crippen molar-refractivity contribution in [2.24, 2.45) is 0 Å². The van der Waals surface area contributed by atoms with E-state index in [4.69, 9.17) is 5.26 Å². The van der Waals surface area contributed by atoms with Gasteiger partial charge in [-0.25, -0.2) is 4.79 Å². The van der Waals surface area contributed by atoms with Gasteiger partial charge >= 0.3 is 5.97 Å². The summed E-state index contributed by atoms with van der Waals surface area (Å²) in [5.41, 5.74) is 2.61. The molecule has 0 heterocycles. The molecule has 3 nitrogen and oxygen atoms in total. The van der Waals surface area contributed by atoms with E-state index in [1.165, 1.54) is 13.2 Å². The SMILES string of the molecule is COC(=O)c1cc(C#N)cc(-c2ccccc2)c1. The molecule has 3 heteroatoms. The number of nitrogens with zero attached hydrogens (tertiary/aromatic N) is 1. The molecule has 0 unspecified atom stereocenters. The Morgan fingerprint density at radius 3 is 2.44 bits per heavy atom. The molecule has 0 aromatic heterocycles. The molecule has 2 aromatic carbocycles. The van der Waals surface area contributed by atoms with Crippen LogP contribution >= 0.6 is 0 Å². The highest BCUT2D eigenvalue weighted by Gasteiger charge is 2.09. The molecule has 18 heavy (non-hydrogen) atoms. The first-order chi connectivity index (χ1) is 8.74. The van der Waals surface area contributed by atoms with Gasteiger partial charge in [0.05, 0.1) is 24.3 Å². The van der Waals surface area contributed by atoms with E-state index in [9.17, 15) is 4.79 Å². The first-order valence-corrected chi connectivity index (χ1v) is 5.43. The summed E-state index contributed by atoms with van der Waals surface area (Å²) in [6, 6.07) is 16.6. The van der Waals surface area contributed by atoms with Gasteiger partial charge in [-0.15, -0.1) is 0 Å². The lowest BCUT2D eigenvalue weighted by Crippen LogP contribution is -2.01. The second-order valence-corrected chi connectivity index (χ2v) is 3.77. The van der Waals surface area contributed by atoms with Gasteiger partial charge in [-0.3, -0.25) is 0 Å². The van der Waals surface area contributed by atoms with Crippen LogP contribution in [-0.2, 0) is 4.74 Å². The summed E-state index contributed by atoms with van der Waals surface area (Å²) < 4.78 is 4.68. The van der Waals surface area contributed by atoms with Gasteiger partial charge in [0.15, 0.2) is 0 Å². The zero-order chi connectivity index (χ0) is 13.0. The van der Waals surface area contributed by atoms with Crippen molar-refractivity contribution >= 4 is 5.97 Å². The third-order valence-corrected chi connectivity index (χ3v) is 2.59. The smallest absolute Gasteiger partial charge is 0.337 e. The van der Waals surface area contributed by atoms with Gasteiger partial charge in [-0.1, -0.05) is 30.3 Å². The third kappa shape index (κ3) is 2.38. The Bertz CT molecular complexity index is 612. The number of nitriles is 1. The van der Waals surface area contributed by atoms with Gasteiger partial charge in [0.1, 0.15) is 0 Å². The van der Waals surface area contributed by atoms with Gasteiger partial charge in [-0.05, 0) is 29.3 Å². The highest BCUT2D eigenvalue weighted by molar-refractivity contribution is 5.91. The Morgan fingerprint density at radius 2 is 1.83 bits per heavy atom. The van der Waals surface area contributed by atoms with E-state index >= 15 is 0 Å². The van der Waals surface area contributed by atoms with Gasteiger partial charge < -0.3 is 4.74 Å². The maximum absolute atomic E-state index is 11.5. The third-order valence-electron chi connectivity index (χ3n) is 2.59. The molecule has 2 rings (SSSR count). The maximum Gasteiger partial charge on any atom is 0.337 e. The molecule has 88 valence electrons. The quantitative estimate of drug-likeness (QED) is 0.754. The number of carbonyl (C=O) groups is 1. The van der Waals surface area contributed by atoms with Crippen LogP contribution in [0, 0.1) is 11.3 Å². The average molecular weight is 237 g/mol. The van der Waals surface area contributed by atoms with Crippen molar-refractivity contribution in [3.8, 4) is 17.2 Å². The molecule has 0 spiro atoms. The number of benzene rings is 2. The fourth-order valence-corrected chi connectivity index (χ4v) is 1.73. The topological polar surface area (TPSA) is 50.1 Å². The lowest BCUT2D eigenvalue weighted by atomic mass is 10.0. The van der Waals surface area contributed by atoms with Crippen LogP contribution in [0.2, 0.25) is 0 Å². The van der Waals surface area contributed by atoms with Crippen molar-refractivity contribution in [2.75, 3.05) is 7.11 Å². The Balaban J connectivity index is 2.55. The summed E-state index contributed by atoms with van der Waals surface area (Å²) in [5.74, 6) is -0.440. The molecule has 0 bridgehead atoms. The van der Waals surface area contributed by atoms with E-state index in [0.29, 0.717) is 11.1 Å². The van der Waals surface area contributed by atoms with Crippen LogP contribution in [0.1, 0.15) is 15.9 Å². The molecule has 0 saturated carbocycles. The van der Waals surface area contributed by atoms with Gasteiger partial charge in [-0.2, -0.15) is 5.26 Å². The van der Waals surface area contributed by atoms with Crippen LogP contribution in [0.3, 0.4) is 0 Å². The predicted molar refractivity (Wildman–Crippen MR) is 67.9 cm³/mol. The number of methoxy groups -OCH3 is 1. The number of carbonyl (C=O) groups excluding carboxylic acids is 1. The van der Waals surface area contributed by atoms with Crippen molar-refractivity contribution in [1.82, 2.24) is 0 Å². The Hall–Kier alpha value is -2.60. The molecule has 0 aliphatic heterocycles. The van der Waals surface area contributed by atoms with Crippen molar-refractivity contribution in [1.29, 1.82) is 5.26 Å². The number of rotatable bonds is 2. The van der Waals surface area contributed by atoms with E-state index in [0.717, 1.165) is 11.1 Å². The standard InChI is InChI=1S/C15H11NO2/c1-18-15(17)14-8-11(10-16)7-13(9-14)12-5-3-2-4-6-12/h2-9H,1H3. The van der Waals surface area contributed by atoms with E-state index in [1.807, 2.05) is 36.4 Å². The largest absolute Gasteiger partial charge is 0.465 e. The summed E-state index contributed by atoms with van der Waals surface area (Å²) in [5, 5.41) is 8.99. The fraction of sp³-hybridized carbons (Fsp3) is 0.0667. The number of hydrogen-bond acceptors (Lipinski definition) is 3. The minimum Gasteiger partial charge on any atom is -0.465 e. The lowest BCUT2D eigenvalue weighted by Gasteiger charge is -2.05. The normalized spacial score (nSPS) is 9.56. The van der Waals surface area contributed by atoms with Crippen molar-refractivity contribution in [2.45, 2.75) is 0 Å². The number of hydrogen-bond donors (Lipinski definition) is 0. The van der Waals surface area contributed by atoms with Crippen LogP contribution in [-0.4, -0.2) is 13.1 Å². The average Bonchev–Trinajstić information content (AvgIpc) is 2.46. The van der Waals surface area contributed by atoms with E-state index < -0.39 is 5.97 Å². The zero-order valence-corrected chi connectivity index (χ0v) is 9.88. The summed E-state index contributed by atoms with van der Waals surface area (Å²) >= 11 is 0. The summed E-state index contributed by atoms with van der Waals surface area (Å²) in [6.45, 7) is 0. The molecular formula is C15H11NO2. The maximum atomic E-state index is 11.5. The second-order valence-electron chi connectivity index (χ2n) is 3.77. The molecule has 0 aliphatic rings. The van der Waals surface area contributed by atoms with Crippen LogP contribution < -0.4 is 0 Å². The molecule has 0 saturated heterocycles. The lowest BCUT2D eigenvalue weighted by molar-refractivity contribution is 0.0600. The Morgan fingerprint density at radius 1 is 1.11 bits per heavy atom. The molecule has 0 amide bonds. The minimum absolute atomic E-state index is 0.385. The molecule has 0 N–H and O–H groups in total. The summed E-state index contributed by atoms with van der Waals surface area (Å²) in [6.07, 6.45) is 0. The summed E-state index contributed by atoms with van der Waals surface area (Å²) in [4.78, 5) is 11.5. The van der Waals surface area contributed by atoms with Gasteiger partial charge in [0.2, 0.25) is 0 Å². The molecule has 0 fully saturated rings. The zero-order valence-electron chi connectivity index (χ0n) is 9.88. The Labute approximate surface area is 105 Å². The van der Waals surface area contributed by atoms with E-state index in [1.54, 1.807) is 12.1 Å². The van der Waals surface area contributed by atoms with Gasteiger partial charge in [0, 0.05) is 0 Å². The predicted octanol–water partition coefficient (Wildman–Crippen LogP) is 3.01. The number of esters is 1. The van der Waals surface area contributed by atoms with Crippen molar-refractivity contribution < 1.29 is 9.53 Å². The second kappa shape index (κ2) is 5.15. The van der Waals surface area contributed by atoms with Gasteiger partial charge in [0.25, 0.3) is 0 Å². The first-order valence-electron chi connectivity index (χ1n) is 5.43. The first kappa shape index (κ1) is 11.9. The van der Waals surface area contributed by atoms with E-state index in [2.05, 4.69) is 4.74 Å². The molecule has 0 aliphatic carbocycles. The minimum atomic E-state index is -0.440. The molecular weight excluding hydrogens is 226 g/mol. The van der Waals surface area contributed by atoms with Crippen molar-refractivity contribution in [3.05, 3.63) is 59.7 Å². The summed E-state index contributed by atoms with van der Waals surface area (Å²) in [7, 11) is 1.32. The molecule has 2 aromatic rings. The highest BCUT2D eigenvalue weighted by Crippen LogP contribution is 2.22. The Kier molecular flexibility index (Phi) is 3.40. The van der Waals surface area contributed by atoms with Crippen LogP contribution in [0.5, 0.6) is 0 Å². The highest BCUT2D eigenvalue weighted by atomic mass is 16.5. The van der Waals surface area contributed by atoms with Crippen molar-refractivity contribution in [3.63, 3.8) is 0 Å². The monoisotopic (exact) mass is 237 g/mol. The molecule has 0 atom stereocenters. The van der Waals surface area contributed by atoms with Crippen LogP contribution in [0.15, 0.2) is 48.5 Å². The number of ether oxygens (including phenoxy) is 1. The van der Waals surface area contributed by atoms with E-state index in [-0.39, 0.29) is 0 Å². The van der Waals surface area contributed by atoms with Crippen LogP contribution in [0.4, 0.5) is 0 Å². The molecule has 0 radical (unpaired) electrons. The van der Waals surface area contributed by atoms with Crippen LogP contribution in [0.25, 0.3) is 11.1 Å². The fourth-order valence-electron chi connectivity index (χ4n) is 1.73.